The van der Waals surface area contributed by atoms with Crippen LogP contribution >= 0.6 is 0 Å². The van der Waals surface area contributed by atoms with Crippen LogP contribution in [0.15, 0.2) is 63.8 Å². The van der Waals surface area contributed by atoms with Crippen molar-refractivity contribution in [3.8, 4) is 5.75 Å². The lowest BCUT2D eigenvalue weighted by molar-refractivity contribution is -0.131. The monoisotopic (exact) mass is 355 g/mol. The topological polar surface area (TPSA) is 56.5 Å². The van der Waals surface area contributed by atoms with Gasteiger partial charge in [-0.15, -0.1) is 0 Å². The number of hydrogen-bond acceptors (Lipinski definition) is 4. The Morgan fingerprint density at radius 2 is 1.84 bits per heavy atom. The molecular formula is C20H19O4S+. The predicted octanol–water partition coefficient (Wildman–Crippen LogP) is 3.67. The molecule has 1 heterocycles. The van der Waals surface area contributed by atoms with Gasteiger partial charge in [-0.05, 0) is 17.0 Å². The minimum atomic E-state index is -0.445. The van der Waals surface area contributed by atoms with Crippen molar-refractivity contribution in [3.05, 3.63) is 76.1 Å². The molecule has 5 heteroatoms. The van der Waals surface area contributed by atoms with E-state index in [1.807, 2.05) is 24.3 Å². The van der Waals surface area contributed by atoms with E-state index in [4.69, 9.17) is 9.15 Å². The molecule has 4 nitrogen and oxygen atoms in total. The molecule has 0 spiro atoms. The number of carbonyl (C=O) groups is 1. The highest BCUT2D eigenvalue weighted by Gasteiger charge is 2.18. The van der Waals surface area contributed by atoms with Gasteiger partial charge in [0.2, 0.25) is 0 Å². The predicted molar refractivity (Wildman–Crippen MR) is 101 cm³/mol. The van der Waals surface area contributed by atoms with Crippen molar-refractivity contribution in [1.82, 2.24) is 0 Å². The number of ether oxygens (including phenoxy) is 1. The molecule has 0 saturated carbocycles. The summed E-state index contributed by atoms with van der Waals surface area (Å²) in [6.07, 6.45) is 2.18. The van der Waals surface area contributed by atoms with Gasteiger partial charge >= 0.3 is 11.6 Å². The van der Waals surface area contributed by atoms with Crippen LogP contribution in [0.5, 0.6) is 5.75 Å². The lowest BCUT2D eigenvalue weighted by Gasteiger charge is -2.09. The Morgan fingerprint density at radius 1 is 1.08 bits per heavy atom. The van der Waals surface area contributed by atoms with E-state index in [9.17, 15) is 9.59 Å². The van der Waals surface area contributed by atoms with Crippen LogP contribution in [0.3, 0.4) is 0 Å². The molecule has 128 valence electrons. The van der Waals surface area contributed by atoms with Crippen molar-refractivity contribution in [1.29, 1.82) is 0 Å². The maximum absolute atomic E-state index is 12.0. The zero-order chi connectivity index (χ0) is 17.8. The summed E-state index contributed by atoms with van der Waals surface area (Å²) >= 11 is 0. The number of hydrogen-bond donors (Lipinski definition) is 0. The number of fused-ring (bicyclic) bond motifs is 1. The SMILES string of the molecule is CC(=O)Oc1cccc2c(C[S+](C)Cc3ccccc3)cc(=O)oc12. The summed E-state index contributed by atoms with van der Waals surface area (Å²) in [5, 5.41) is 0.811. The van der Waals surface area contributed by atoms with Crippen molar-refractivity contribution < 1.29 is 13.9 Å². The minimum Gasteiger partial charge on any atom is -0.423 e. The third kappa shape index (κ3) is 4.31. The van der Waals surface area contributed by atoms with E-state index in [1.165, 1.54) is 18.6 Å². The Balaban J connectivity index is 1.93. The highest BCUT2D eigenvalue weighted by molar-refractivity contribution is 7.94. The molecule has 0 bridgehead atoms. The molecule has 0 N–H and O–H groups in total. The maximum Gasteiger partial charge on any atom is 0.336 e. The third-order valence-corrected chi connectivity index (χ3v) is 5.36. The maximum atomic E-state index is 12.0. The van der Waals surface area contributed by atoms with Crippen LogP contribution in [0.4, 0.5) is 0 Å². The average Bonchev–Trinajstić information content (AvgIpc) is 2.56. The summed E-state index contributed by atoms with van der Waals surface area (Å²) in [6, 6.07) is 17.1. The van der Waals surface area contributed by atoms with Crippen LogP contribution in [-0.4, -0.2) is 12.2 Å². The first-order valence-corrected chi connectivity index (χ1v) is 9.87. The highest BCUT2D eigenvalue weighted by Crippen LogP contribution is 2.28. The van der Waals surface area contributed by atoms with Gasteiger partial charge in [0.25, 0.3) is 0 Å². The van der Waals surface area contributed by atoms with Gasteiger partial charge in [-0.25, -0.2) is 4.79 Å². The lowest BCUT2D eigenvalue weighted by Crippen LogP contribution is -2.10. The third-order valence-electron chi connectivity index (χ3n) is 3.73. The molecule has 0 saturated heterocycles. The largest absolute Gasteiger partial charge is 0.423 e. The molecule has 1 unspecified atom stereocenters. The van der Waals surface area contributed by atoms with E-state index in [0.29, 0.717) is 5.58 Å². The molecule has 0 fully saturated rings. The molecule has 1 atom stereocenters. The molecule has 1 aromatic heterocycles. The molecule has 0 aliphatic heterocycles. The lowest BCUT2D eigenvalue weighted by atomic mass is 10.1. The van der Waals surface area contributed by atoms with Crippen LogP contribution in [-0.2, 0) is 27.2 Å². The Hall–Kier alpha value is -2.53. The van der Waals surface area contributed by atoms with E-state index in [2.05, 4.69) is 18.4 Å². The van der Waals surface area contributed by atoms with Crippen molar-refractivity contribution >= 4 is 27.8 Å². The molecule has 3 rings (SSSR count). The molecule has 2 aromatic carbocycles. The first-order chi connectivity index (χ1) is 12.0. The van der Waals surface area contributed by atoms with Gasteiger partial charge in [-0.3, -0.25) is 4.79 Å². The summed E-state index contributed by atoms with van der Waals surface area (Å²) in [4.78, 5) is 23.2. The first kappa shape index (κ1) is 17.3. The Labute approximate surface area is 148 Å². The molecule has 0 radical (unpaired) electrons. The molecule has 25 heavy (non-hydrogen) atoms. The van der Waals surface area contributed by atoms with Crippen LogP contribution < -0.4 is 10.4 Å². The van der Waals surface area contributed by atoms with Gasteiger partial charge in [-0.2, -0.15) is 0 Å². The highest BCUT2D eigenvalue weighted by atomic mass is 32.2. The number of rotatable bonds is 5. The van der Waals surface area contributed by atoms with Crippen molar-refractivity contribution in [2.45, 2.75) is 18.4 Å². The second kappa shape index (κ2) is 7.57. The molecule has 0 aliphatic rings. The molecule has 0 aliphatic carbocycles. The van der Waals surface area contributed by atoms with E-state index >= 15 is 0 Å². The second-order valence-corrected chi connectivity index (χ2v) is 8.01. The van der Waals surface area contributed by atoms with Crippen molar-refractivity contribution in [2.75, 3.05) is 6.26 Å². The zero-order valence-corrected chi connectivity index (χ0v) is 15.0. The Morgan fingerprint density at radius 3 is 2.56 bits per heavy atom. The smallest absolute Gasteiger partial charge is 0.336 e. The fourth-order valence-electron chi connectivity index (χ4n) is 2.75. The van der Waals surface area contributed by atoms with Gasteiger partial charge in [-0.1, -0.05) is 42.5 Å². The standard InChI is InChI=1S/C20H19O4S/c1-14(21)23-18-10-6-9-17-16(11-19(22)24-20(17)18)13-25(2)12-15-7-4-3-5-8-15/h3-11H,12-13H2,1-2H3/q+1. The van der Waals surface area contributed by atoms with Crippen LogP contribution in [0, 0.1) is 0 Å². The van der Waals surface area contributed by atoms with Crippen LogP contribution in [0.1, 0.15) is 18.1 Å². The average molecular weight is 355 g/mol. The quantitative estimate of drug-likeness (QED) is 0.303. The van der Waals surface area contributed by atoms with Gasteiger partial charge < -0.3 is 9.15 Å². The van der Waals surface area contributed by atoms with Gasteiger partial charge in [0, 0.05) is 29.5 Å². The normalized spacial score (nSPS) is 12.1. The molecule has 3 aromatic rings. The Kier molecular flexibility index (Phi) is 5.24. The fraction of sp³-hybridized carbons (Fsp3) is 0.200. The van der Waals surface area contributed by atoms with Crippen LogP contribution in [0.2, 0.25) is 0 Å². The minimum absolute atomic E-state index is 0.0581. The molecule has 0 amide bonds. The molecular weight excluding hydrogens is 336 g/mol. The zero-order valence-electron chi connectivity index (χ0n) is 14.2. The summed E-state index contributed by atoms with van der Waals surface area (Å²) in [5.41, 5.74) is 2.10. The fourth-order valence-corrected chi connectivity index (χ4v) is 4.39. The van der Waals surface area contributed by atoms with Gasteiger partial charge in [0.05, 0.1) is 6.26 Å². The van der Waals surface area contributed by atoms with E-state index < -0.39 is 11.6 Å². The van der Waals surface area contributed by atoms with Crippen molar-refractivity contribution in [2.24, 2.45) is 0 Å². The summed E-state index contributed by atoms with van der Waals surface area (Å²) < 4.78 is 10.5. The number of benzene rings is 2. The first-order valence-electron chi connectivity index (χ1n) is 7.90. The van der Waals surface area contributed by atoms with E-state index in [1.54, 1.807) is 12.1 Å². The summed E-state index contributed by atoms with van der Waals surface area (Å²) in [6.45, 7) is 1.32. The number of para-hydroxylation sites is 1. The van der Waals surface area contributed by atoms with E-state index in [0.717, 1.165) is 22.5 Å². The van der Waals surface area contributed by atoms with E-state index in [-0.39, 0.29) is 16.6 Å². The number of esters is 1. The second-order valence-electron chi connectivity index (χ2n) is 5.87. The van der Waals surface area contributed by atoms with Crippen molar-refractivity contribution in [3.63, 3.8) is 0 Å². The number of carbonyl (C=O) groups excluding carboxylic acids is 1. The summed E-state index contributed by atoms with van der Waals surface area (Å²) in [7, 11) is 0.0581. The Bertz CT molecular complexity index is 947. The summed E-state index contributed by atoms with van der Waals surface area (Å²) in [5.74, 6) is 1.55. The van der Waals surface area contributed by atoms with Crippen LogP contribution in [0.25, 0.3) is 11.0 Å². The van der Waals surface area contributed by atoms with Gasteiger partial charge in [0.1, 0.15) is 11.5 Å². The van der Waals surface area contributed by atoms with Gasteiger partial charge in [0.15, 0.2) is 11.3 Å².